The summed E-state index contributed by atoms with van der Waals surface area (Å²) < 4.78 is 63.5. The number of carbonyl (C=O) groups excluding carboxylic acids is 2. The first-order chi connectivity index (χ1) is 22.3. The molecule has 3 heterocycles. The van der Waals surface area contributed by atoms with Crippen molar-refractivity contribution in [3.63, 3.8) is 0 Å². The molecular formula is C29H31F6N5O8. The van der Waals surface area contributed by atoms with E-state index in [4.69, 9.17) is 19.8 Å². The van der Waals surface area contributed by atoms with Gasteiger partial charge in [-0.1, -0.05) is 30.3 Å². The molecule has 1 aromatic carbocycles. The second-order valence-electron chi connectivity index (χ2n) is 10.3. The van der Waals surface area contributed by atoms with Crippen LogP contribution in [0.25, 0.3) is 10.9 Å². The topological polar surface area (TPSA) is 202 Å². The maximum Gasteiger partial charge on any atom is 0.490 e. The number of nitrogens with one attached hydrogen (secondary N) is 3. The summed E-state index contributed by atoms with van der Waals surface area (Å²) in [6.07, 6.45) is -5.45. The van der Waals surface area contributed by atoms with E-state index in [-0.39, 0.29) is 24.3 Å². The first kappa shape index (κ1) is 39.0. The number of piperidine rings is 1. The van der Waals surface area contributed by atoms with Crippen molar-refractivity contribution in [3.05, 3.63) is 66.1 Å². The largest absolute Gasteiger partial charge is 0.490 e. The number of carboxylic acid groups (broad SMARTS) is 3. The number of benzene rings is 1. The second-order valence-corrected chi connectivity index (χ2v) is 10.3. The predicted molar refractivity (Wildman–Crippen MR) is 154 cm³/mol. The van der Waals surface area contributed by atoms with Gasteiger partial charge in [0.25, 0.3) is 0 Å². The molecular weight excluding hydrogens is 660 g/mol. The number of H-pyrrole nitrogens is 1. The van der Waals surface area contributed by atoms with E-state index in [2.05, 4.69) is 20.6 Å². The van der Waals surface area contributed by atoms with Gasteiger partial charge >= 0.3 is 30.3 Å². The lowest BCUT2D eigenvalue weighted by Crippen LogP contribution is -2.55. The number of nitrogens with zero attached hydrogens (tertiary/aromatic N) is 2. The van der Waals surface area contributed by atoms with Crippen LogP contribution in [0, 0.1) is 0 Å². The number of carbonyl (C=O) groups is 5. The zero-order valence-corrected chi connectivity index (χ0v) is 25.0. The third kappa shape index (κ3) is 12.5. The Morgan fingerprint density at radius 1 is 0.979 bits per heavy atom. The number of fused-ring (bicyclic) bond motifs is 1. The van der Waals surface area contributed by atoms with Gasteiger partial charge in [-0.3, -0.25) is 24.3 Å². The zero-order valence-electron chi connectivity index (χ0n) is 25.0. The van der Waals surface area contributed by atoms with E-state index in [1.807, 2.05) is 42.5 Å². The van der Waals surface area contributed by atoms with Crippen molar-refractivity contribution in [1.82, 2.24) is 25.5 Å². The molecule has 0 saturated carbocycles. The van der Waals surface area contributed by atoms with Gasteiger partial charge in [0, 0.05) is 35.5 Å². The fraction of sp³-hybridized carbons (Fsp3) is 0.379. The minimum absolute atomic E-state index is 0.155. The van der Waals surface area contributed by atoms with Crippen LogP contribution in [0.15, 0.2) is 54.9 Å². The Kier molecular flexibility index (Phi) is 13.9. The summed E-state index contributed by atoms with van der Waals surface area (Å²) in [5, 5.41) is 30.1. The van der Waals surface area contributed by atoms with Gasteiger partial charge in [0.1, 0.15) is 6.04 Å². The molecule has 1 aliphatic rings. The number of hydrogen-bond acceptors (Lipinski definition) is 7. The maximum atomic E-state index is 13.1. The molecule has 0 spiro atoms. The third-order valence-electron chi connectivity index (χ3n) is 6.79. The Morgan fingerprint density at radius 2 is 1.56 bits per heavy atom. The molecule has 0 radical (unpaired) electrons. The molecule has 2 aromatic heterocycles. The minimum atomic E-state index is -5.08. The summed E-state index contributed by atoms with van der Waals surface area (Å²) in [6.45, 7) is 2.20. The van der Waals surface area contributed by atoms with Crippen molar-refractivity contribution in [1.29, 1.82) is 0 Å². The highest BCUT2D eigenvalue weighted by Gasteiger charge is 2.39. The average molecular weight is 692 g/mol. The number of amides is 2. The summed E-state index contributed by atoms with van der Waals surface area (Å²) in [5.74, 6) is -6.98. The van der Waals surface area contributed by atoms with Crippen LogP contribution in [-0.4, -0.2) is 97.4 Å². The lowest BCUT2D eigenvalue weighted by molar-refractivity contribution is -0.193. The SMILES string of the molecule is CC(NC(=O)[C@H]1C[C@@H](c2ccccc2)CCN1CC(=O)O)C(=O)NCc1cc2cnccc2[nH]1.O=C(O)C(F)(F)F.O=C(O)C(F)(F)F. The molecule has 6 N–H and O–H groups in total. The standard InChI is InChI=1S/C25H29N5O4.2C2HF3O2/c1-16(24(33)27-14-20-11-19-13-26-9-7-21(19)29-20)28-25(34)22-12-18(17-5-3-2-4-6-17)8-10-30(22)15-23(31)32;2*3-2(4,5)1(6)7/h2-7,9,11,13,16,18,22,29H,8,10,12,14-15H2,1H3,(H,27,33)(H,28,34)(H,31,32);2*(H,6,7)/t16?,18-,22+;;/m0../s1. The molecule has 0 bridgehead atoms. The van der Waals surface area contributed by atoms with Crippen molar-refractivity contribution in [2.24, 2.45) is 0 Å². The molecule has 19 heteroatoms. The lowest BCUT2D eigenvalue weighted by Gasteiger charge is -2.38. The summed E-state index contributed by atoms with van der Waals surface area (Å²) in [5.41, 5.74) is 2.90. The van der Waals surface area contributed by atoms with E-state index in [0.29, 0.717) is 19.5 Å². The van der Waals surface area contributed by atoms with E-state index in [1.54, 1.807) is 24.2 Å². The number of aromatic nitrogens is 2. The van der Waals surface area contributed by atoms with Crippen LogP contribution >= 0.6 is 0 Å². The molecule has 13 nitrogen and oxygen atoms in total. The van der Waals surface area contributed by atoms with Crippen LogP contribution in [-0.2, 0) is 30.5 Å². The first-order valence-electron chi connectivity index (χ1n) is 13.9. The highest BCUT2D eigenvalue weighted by Crippen LogP contribution is 2.31. The van der Waals surface area contributed by atoms with Gasteiger partial charge in [-0.15, -0.1) is 0 Å². The number of carboxylic acids is 3. The van der Waals surface area contributed by atoms with Crippen molar-refractivity contribution < 1.29 is 65.6 Å². The Morgan fingerprint density at radius 3 is 2.08 bits per heavy atom. The van der Waals surface area contributed by atoms with Crippen LogP contribution in [0.4, 0.5) is 26.3 Å². The fourth-order valence-electron chi connectivity index (χ4n) is 4.52. The van der Waals surface area contributed by atoms with E-state index < -0.39 is 42.3 Å². The van der Waals surface area contributed by atoms with Crippen LogP contribution < -0.4 is 10.6 Å². The smallest absolute Gasteiger partial charge is 0.480 e. The molecule has 4 rings (SSSR count). The Bertz CT molecular complexity index is 1510. The highest BCUT2D eigenvalue weighted by molar-refractivity contribution is 5.90. The number of halogens is 6. The average Bonchev–Trinajstić information content (AvgIpc) is 3.43. The fourth-order valence-corrected chi connectivity index (χ4v) is 4.52. The van der Waals surface area contributed by atoms with Crippen LogP contribution in [0.2, 0.25) is 0 Å². The van der Waals surface area contributed by atoms with Gasteiger partial charge in [0.05, 0.1) is 19.1 Å². The molecule has 2 amide bonds. The van der Waals surface area contributed by atoms with Crippen molar-refractivity contribution in [3.8, 4) is 0 Å². The number of pyridine rings is 1. The maximum absolute atomic E-state index is 13.1. The van der Waals surface area contributed by atoms with E-state index in [1.165, 1.54) is 0 Å². The lowest BCUT2D eigenvalue weighted by atomic mass is 9.85. The van der Waals surface area contributed by atoms with Gasteiger partial charge in [-0.05, 0) is 43.4 Å². The number of aliphatic carboxylic acids is 3. The molecule has 262 valence electrons. The second kappa shape index (κ2) is 17.1. The zero-order chi connectivity index (χ0) is 36.2. The van der Waals surface area contributed by atoms with Gasteiger partial charge < -0.3 is 30.9 Å². The van der Waals surface area contributed by atoms with E-state index in [0.717, 1.165) is 28.6 Å². The number of rotatable bonds is 8. The van der Waals surface area contributed by atoms with Crippen LogP contribution in [0.5, 0.6) is 0 Å². The van der Waals surface area contributed by atoms with Gasteiger partial charge in [0.15, 0.2) is 0 Å². The molecule has 0 aliphatic carbocycles. The molecule has 3 atom stereocenters. The number of likely N-dealkylation sites (tertiary alicyclic amines) is 1. The van der Waals surface area contributed by atoms with Gasteiger partial charge in [0.2, 0.25) is 11.8 Å². The predicted octanol–water partition coefficient (Wildman–Crippen LogP) is 3.28. The Hall–Kier alpha value is -5.20. The van der Waals surface area contributed by atoms with E-state index in [9.17, 15) is 45.8 Å². The molecule has 1 fully saturated rings. The van der Waals surface area contributed by atoms with E-state index >= 15 is 0 Å². The molecule has 1 aliphatic heterocycles. The van der Waals surface area contributed by atoms with Crippen molar-refractivity contribution in [2.45, 2.75) is 56.7 Å². The van der Waals surface area contributed by atoms with Crippen molar-refractivity contribution >= 4 is 40.6 Å². The van der Waals surface area contributed by atoms with Crippen LogP contribution in [0.1, 0.15) is 36.9 Å². The van der Waals surface area contributed by atoms with Crippen LogP contribution in [0.3, 0.4) is 0 Å². The Balaban J connectivity index is 0.000000479. The normalized spacial score (nSPS) is 17.1. The number of hydrogen-bond donors (Lipinski definition) is 6. The third-order valence-corrected chi connectivity index (χ3v) is 6.79. The quantitative estimate of drug-likeness (QED) is 0.190. The Labute approximate surface area is 267 Å². The highest BCUT2D eigenvalue weighted by atomic mass is 19.4. The molecule has 1 saturated heterocycles. The molecule has 3 aromatic rings. The van der Waals surface area contributed by atoms with Gasteiger partial charge in [-0.2, -0.15) is 26.3 Å². The molecule has 1 unspecified atom stereocenters. The monoisotopic (exact) mass is 691 g/mol. The van der Waals surface area contributed by atoms with Crippen molar-refractivity contribution in [2.75, 3.05) is 13.1 Å². The number of aromatic amines is 1. The summed E-state index contributed by atoms with van der Waals surface area (Å²) >= 11 is 0. The number of alkyl halides is 6. The summed E-state index contributed by atoms with van der Waals surface area (Å²) in [4.78, 5) is 63.9. The minimum Gasteiger partial charge on any atom is -0.480 e. The molecule has 48 heavy (non-hydrogen) atoms. The van der Waals surface area contributed by atoms with Gasteiger partial charge in [-0.25, -0.2) is 9.59 Å². The summed E-state index contributed by atoms with van der Waals surface area (Å²) in [6, 6.07) is 12.3. The first-order valence-corrected chi connectivity index (χ1v) is 13.9. The summed E-state index contributed by atoms with van der Waals surface area (Å²) in [7, 11) is 0.